The van der Waals surface area contributed by atoms with Crippen LogP contribution in [0.2, 0.25) is 0 Å². The molecule has 0 saturated carbocycles. The maximum atomic E-state index is 4.09. The first-order chi connectivity index (χ1) is 6.86. The van der Waals surface area contributed by atoms with Crippen molar-refractivity contribution in [3.8, 4) is 0 Å². The average Bonchev–Trinajstić information content (AvgIpc) is 2.72. The van der Waals surface area contributed by atoms with E-state index in [0.29, 0.717) is 5.92 Å². The minimum Gasteiger partial charge on any atom is -0.252 e. The Morgan fingerprint density at radius 1 is 1.29 bits per heavy atom. The second-order valence-corrected chi connectivity index (χ2v) is 3.43. The first-order valence-electron chi connectivity index (χ1n) is 4.73. The minimum absolute atomic E-state index is 0.470. The second kappa shape index (κ2) is 4.05. The predicted molar refractivity (Wildman–Crippen MR) is 54.9 cm³/mol. The summed E-state index contributed by atoms with van der Waals surface area (Å²) in [6.07, 6.45) is 3.32. The molecular formula is C11H13N3. The van der Waals surface area contributed by atoms with Crippen LogP contribution in [0, 0.1) is 0 Å². The van der Waals surface area contributed by atoms with Crippen molar-refractivity contribution in [1.29, 1.82) is 0 Å². The lowest BCUT2D eigenvalue weighted by Crippen LogP contribution is -2.06. The molecule has 3 heteroatoms. The van der Waals surface area contributed by atoms with Crippen molar-refractivity contribution < 1.29 is 0 Å². The van der Waals surface area contributed by atoms with Crippen LogP contribution in [-0.2, 0) is 6.54 Å². The Morgan fingerprint density at radius 3 is 2.71 bits per heavy atom. The molecule has 0 aliphatic heterocycles. The second-order valence-electron chi connectivity index (χ2n) is 3.43. The summed E-state index contributed by atoms with van der Waals surface area (Å²) in [5.74, 6) is 0.470. The summed E-state index contributed by atoms with van der Waals surface area (Å²) in [6, 6.07) is 10.4. The van der Waals surface area contributed by atoms with Crippen molar-refractivity contribution >= 4 is 0 Å². The Bertz CT molecular complexity index is 367. The lowest BCUT2D eigenvalue weighted by molar-refractivity contribution is 0.542. The zero-order chi connectivity index (χ0) is 9.80. The standard InChI is InChI=1S/C11H13N3/c1-10(7-14-9-12-8-13-14)11-5-3-2-4-6-11/h2-6,8-10H,7H2,1H3. The maximum absolute atomic E-state index is 4.09. The number of rotatable bonds is 3. The van der Waals surface area contributed by atoms with Gasteiger partial charge in [-0.3, -0.25) is 4.68 Å². The molecule has 1 unspecified atom stereocenters. The molecule has 0 aliphatic carbocycles. The molecule has 0 saturated heterocycles. The molecule has 0 aliphatic rings. The van der Waals surface area contributed by atoms with Gasteiger partial charge in [0.05, 0.1) is 0 Å². The molecule has 0 radical (unpaired) electrons. The maximum Gasteiger partial charge on any atom is 0.137 e. The van der Waals surface area contributed by atoms with E-state index in [1.54, 1.807) is 12.7 Å². The molecule has 0 bridgehead atoms. The van der Waals surface area contributed by atoms with Gasteiger partial charge in [0.2, 0.25) is 0 Å². The Balaban J connectivity index is 2.07. The third-order valence-corrected chi connectivity index (χ3v) is 2.30. The largest absolute Gasteiger partial charge is 0.252 e. The van der Waals surface area contributed by atoms with E-state index in [1.807, 2.05) is 10.7 Å². The summed E-state index contributed by atoms with van der Waals surface area (Å²) in [5, 5.41) is 4.09. The van der Waals surface area contributed by atoms with Crippen molar-refractivity contribution in [3.05, 3.63) is 48.5 Å². The first-order valence-corrected chi connectivity index (χ1v) is 4.73. The van der Waals surface area contributed by atoms with Crippen LogP contribution in [0.3, 0.4) is 0 Å². The molecule has 1 heterocycles. The number of benzene rings is 1. The Morgan fingerprint density at radius 2 is 2.07 bits per heavy atom. The lowest BCUT2D eigenvalue weighted by atomic mass is 10.0. The molecule has 0 fully saturated rings. The van der Waals surface area contributed by atoms with E-state index < -0.39 is 0 Å². The lowest BCUT2D eigenvalue weighted by Gasteiger charge is -2.10. The van der Waals surface area contributed by atoms with E-state index in [-0.39, 0.29) is 0 Å². The molecule has 2 rings (SSSR count). The highest BCUT2D eigenvalue weighted by atomic mass is 15.3. The molecule has 0 N–H and O–H groups in total. The van der Waals surface area contributed by atoms with Crippen LogP contribution in [0.15, 0.2) is 43.0 Å². The zero-order valence-corrected chi connectivity index (χ0v) is 8.17. The topological polar surface area (TPSA) is 30.7 Å². The molecule has 0 spiro atoms. The molecule has 0 amide bonds. The highest BCUT2D eigenvalue weighted by molar-refractivity contribution is 5.18. The molecule has 72 valence electrons. The van der Waals surface area contributed by atoms with Gasteiger partial charge in [-0.05, 0) is 5.56 Å². The van der Waals surface area contributed by atoms with Crippen LogP contribution in [0.1, 0.15) is 18.4 Å². The van der Waals surface area contributed by atoms with Gasteiger partial charge in [0.1, 0.15) is 12.7 Å². The quantitative estimate of drug-likeness (QED) is 0.736. The van der Waals surface area contributed by atoms with Gasteiger partial charge >= 0.3 is 0 Å². The highest BCUT2D eigenvalue weighted by Crippen LogP contribution is 2.15. The van der Waals surface area contributed by atoms with Gasteiger partial charge in [-0.2, -0.15) is 5.10 Å². The minimum atomic E-state index is 0.470. The number of hydrogen-bond donors (Lipinski definition) is 0. The molecular weight excluding hydrogens is 174 g/mol. The molecule has 14 heavy (non-hydrogen) atoms. The van der Waals surface area contributed by atoms with Gasteiger partial charge in [0.25, 0.3) is 0 Å². The van der Waals surface area contributed by atoms with E-state index in [2.05, 4.69) is 41.3 Å². The van der Waals surface area contributed by atoms with E-state index >= 15 is 0 Å². The highest BCUT2D eigenvalue weighted by Gasteiger charge is 2.05. The fourth-order valence-electron chi connectivity index (χ4n) is 1.49. The van der Waals surface area contributed by atoms with Gasteiger partial charge in [-0.1, -0.05) is 37.3 Å². The molecule has 1 aromatic heterocycles. The van der Waals surface area contributed by atoms with Gasteiger partial charge in [-0.25, -0.2) is 4.98 Å². The fraction of sp³-hybridized carbons (Fsp3) is 0.273. The summed E-state index contributed by atoms with van der Waals surface area (Å²) >= 11 is 0. The van der Waals surface area contributed by atoms with Crippen LogP contribution < -0.4 is 0 Å². The van der Waals surface area contributed by atoms with Crippen molar-refractivity contribution in [2.45, 2.75) is 19.4 Å². The van der Waals surface area contributed by atoms with E-state index in [4.69, 9.17) is 0 Å². The first kappa shape index (κ1) is 8.94. The summed E-state index contributed by atoms with van der Waals surface area (Å²) in [7, 11) is 0. The van der Waals surface area contributed by atoms with Crippen molar-refractivity contribution in [1.82, 2.24) is 14.8 Å². The number of nitrogens with zero attached hydrogens (tertiary/aromatic N) is 3. The van der Waals surface area contributed by atoms with Crippen LogP contribution in [0.4, 0.5) is 0 Å². The molecule has 1 atom stereocenters. The van der Waals surface area contributed by atoms with Gasteiger partial charge in [-0.15, -0.1) is 0 Å². The van der Waals surface area contributed by atoms with Gasteiger partial charge in [0, 0.05) is 12.5 Å². The van der Waals surface area contributed by atoms with Gasteiger partial charge < -0.3 is 0 Å². The SMILES string of the molecule is CC(Cn1cncn1)c1ccccc1. The summed E-state index contributed by atoms with van der Waals surface area (Å²) < 4.78 is 1.86. The third-order valence-electron chi connectivity index (χ3n) is 2.30. The van der Waals surface area contributed by atoms with Crippen LogP contribution in [0.5, 0.6) is 0 Å². The zero-order valence-electron chi connectivity index (χ0n) is 8.17. The van der Waals surface area contributed by atoms with E-state index in [1.165, 1.54) is 5.56 Å². The van der Waals surface area contributed by atoms with Crippen LogP contribution in [-0.4, -0.2) is 14.8 Å². The van der Waals surface area contributed by atoms with Crippen LogP contribution in [0.25, 0.3) is 0 Å². The monoisotopic (exact) mass is 187 g/mol. The van der Waals surface area contributed by atoms with Crippen molar-refractivity contribution in [3.63, 3.8) is 0 Å². The predicted octanol–water partition coefficient (Wildman–Crippen LogP) is 2.08. The average molecular weight is 187 g/mol. The summed E-state index contributed by atoms with van der Waals surface area (Å²) in [5.41, 5.74) is 1.34. The smallest absolute Gasteiger partial charge is 0.137 e. The Kier molecular flexibility index (Phi) is 2.58. The molecule has 3 nitrogen and oxygen atoms in total. The number of aromatic nitrogens is 3. The summed E-state index contributed by atoms with van der Waals surface area (Å²) in [6.45, 7) is 3.07. The number of hydrogen-bond acceptors (Lipinski definition) is 2. The van der Waals surface area contributed by atoms with Crippen molar-refractivity contribution in [2.75, 3.05) is 0 Å². The summed E-state index contributed by atoms with van der Waals surface area (Å²) in [4.78, 5) is 3.92. The van der Waals surface area contributed by atoms with E-state index in [9.17, 15) is 0 Å². The normalized spacial score (nSPS) is 12.6. The van der Waals surface area contributed by atoms with Gasteiger partial charge in [0.15, 0.2) is 0 Å². The Hall–Kier alpha value is -1.64. The fourth-order valence-corrected chi connectivity index (χ4v) is 1.49. The molecule has 2 aromatic rings. The Labute approximate surface area is 83.4 Å². The van der Waals surface area contributed by atoms with Crippen LogP contribution >= 0.6 is 0 Å². The van der Waals surface area contributed by atoms with E-state index in [0.717, 1.165) is 6.54 Å². The third kappa shape index (κ3) is 1.99. The van der Waals surface area contributed by atoms with Crippen molar-refractivity contribution in [2.24, 2.45) is 0 Å². The molecule has 1 aromatic carbocycles.